The summed E-state index contributed by atoms with van der Waals surface area (Å²) >= 11 is 0. The number of nitrogens with two attached hydrogens (primary N) is 1. The Bertz CT molecular complexity index is 1210. The van der Waals surface area contributed by atoms with Gasteiger partial charge in [0.05, 0.1) is 6.04 Å². The number of benzene rings is 2. The summed E-state index contributed by atoms with van der Waals surface area (Å²) in [5, 5.41) is 5.48. The van der Waals surface area contributed by atoms with Gasteiger partial charge in [-0.2, -0.15) is 0 Å². The molecule has 0 bridgehead atoms. The summed E-state index contributed by atoms with van der Waals surface area (Å²) in [7, 11) is 0. The molecule has 1 heterocycles. The largest absolute Gasteiger partial charge is 0.459 e. The van der Waals surface area contributed by atoms with E-state index < -0.39 is 35.3 Å². The smallest absolute Gasteiger partial charge is 0.408 e. The van der Waals surface area contributed by atoms with Gasteiger partial charge in [0.25, 0.3) is 0 Å². The number of hydrogen-bond acceptors (Lipinski definition) is 8. The van der Waals surface area contributed by atoms with Crippen molar-refractivity contribution >= 4 is 24.1 Å². The number of amides is 3. The topological polar surface area (TPSA) is 149 Å². The maximum Gasteiger partial charge on any atom is 0.408 e. The number of carbonyl (C=O) groups is 4. The molecule has 11 nitrogen and oxygen atoms in total. The number of piperidine rings is 1. The summed E-state index contributed by atoms with van der Waals surface area (Å²) in [4.78, 5) is 52.7. The van der Waals surface area contributed by atoms with Crippen LogP contribution in [0, 0.1) is 0 Å². The van der Waals surface area contributed by atoms with E-state index in [0.29, 0.717) is 13.0 Å². The molecule has 0 unspecified atom stereocenters. The second-order valence-electron chi connectivity index (χ2n) is 12.0. The quantitative estimate of drug-likeness (QED) is 0.171. The molecule has 1 fully saturated rings. The molecule has 1 aliphatic heterocycles. The van der Waals surface area contributed by atoms with Crippen molar-refractivity contribution in [2.75, 3.05) is 19.6 Å². The van der Waals surface area contributed by atoms with E-state index in [4.69, 9.17) is 19.9 Å². The third-order valence-corrected chi connectivity index (χ3v) is 7.26. The van der Waals surface area contributed by atoms with Gasteiger partial charge in [-0.3, -0.25) is 4.79 Å². The second-order valence-corrected chi connectivity index (χ2v) is 12.0. The van der Waals surface area contributed by atoms with Crippen LogP contribution in [0.5, 0.6) is 0 Å². The molecule has 0 aromatic heterocycles. The maximum absolute atomic E-state index is 13.4. The number of likely N-dealkylation sites (tertiary alicyclic amines) is 1. The van der Waals surface area contributed by atoms with Crippen molar-refractivity contribution in [2.24, 2.45) is 5.73 Å². The predicted octanol–water partition coefficient (Wildman–Crippen LogP) is 4.43. The molecule has 0 saturated carbocycles. The van der Waals surface area contributed by atoms with Crippen molar-refractivity contribution in [3.63, 3.8) is 0 Å². The van der Waals surface area contributed by atoms with Crippen LogP contribution in [0.15, 0.2) is 60.7 Å². The number of hydrogen-bond donors (Lipinski definition) is 3. The van der Waals surface area contributed by atoms with Crippen LogP contribution in [-0.2, 0) is 37.0 Å². The average molecular weight is 611 g/mol. The van der Waals surface area contributed by atoms with E-state index in [9.17, 15) is 19.2 Å². The second kappa shape index (κ2) is 16.7. The highest BCUT2D eigenvalue weighted by molar-refractivity contribution is 5.87. The molecule has 44 heavy (non-hydrogen) atoms. The first kappa shape index (κ1) is 34.4. The average Bonchev–Trinajstić information content (AvgIpc) is 3.00. The highest BCUT2D eigenvalue weighted by atomic mass is 16.6. The first-order valence-corrected chi connectivity index (χ1v) is 15.2. The Balaban J connectivity index is 1.49. The van der Waals surface area contributed by atoms with E-state index in [1.165, 1.54) is 0 Å². The van der Waals surface area contributed by atoms with E-state index in [1.807, 2.05) is 81.4 Å². The fourth-order valence-electron chi connectivity index (χ4n) is 4.83. The molecule has 3 rings (SSSR count). The summed E-state index contributed by atoms with van der Waals surface area (Å²) < 4.78 is 16.2. The van der Waals surface area contributed by atoms with Crippen molar-refractivity contribution in [1.29, 1.82) is 0 Å². The number of ether oxygens (including phenoxy) is 3. The Morgan fingerprint density at radius 3 is 1.98 bits per heavy atom. The normalized spacial score (nSPS) is 15.0. The summed E-state index contributed by atoms with van der Waals surface area (Å²) in [6.45, 7) is 6.47. The Hall–Kier alpha value is -4.12. The fraction of sp³-hybridized carbons (Fsp3) is 0.515. The molecule has 2 aromatic rings. The van der Waals surface area contributed by atoms with Crippen LogP contribution in [-0.4, -0.2) is 65.8 Å². The number of nitrogens with one attached hydrogen (secondary N) is 2. The molecule has 11 heteroatoms. The van der Waals surface area contributed by atoms with Gasteiger partial charge in [-0.15, -0.1) is 0 Å². The monoisotopic (exact) mass is 610 g/mol. The van der Waals surface area contributed by atoms with Crippen LogP contribution in [0.25, 0.3) is 0 Å². The van der Waals surface area contributed by atoms with Crippen molar-refractivity contribution in [3.8, 4) is 0 Å². The zero-order valence-electron chi connectivity index (χ0n) is 26.0. The standard InChI is InChI=1S/C33H46N4O7/c1-32(2,3)44-30(40)35-20-12-6-11-17-27(34)28(38)37-21-18-33(19-22-37,29(39)42-23-25-13-7-4-8-14-25)36-31(41)43-24-26-15-9-5-10-16-26/h4-5,7-10,13-16,27H,6,11-12,17-24,34H2,1-3H3,(H,35,40)(H,36,41)/t27-/m1/s1. The third-order valence-electron chi connectivity index (χ3n) is 7.26. The summed E-state index contributed by atoms with van der Waals surface area (Å²) in [5.41, 5.74) is 5.98. The molecule has 0 spiro atoms. The van der Waals surface area contributed by atoms with E-state index in [-0.39, 0.29) is 45.1 Å². The zero-order chi connectivity index (χ0) is 32.0. The Kier molecular flexibility index (Phi) is 13.0. The number of carbonyl (C=O) groups excluding carboxylic acids is 4. The van der Waals surface area contributed by atoms with E-state index in [1.54, 1.807) is 4.90 Å². The summed E-state index contributed by atoms with van der Waals surface area (Å²) in [6.07, 6.45) is 1.89. The van der Waals surface area contributed by atoms with Gasteiger partial charge >= 0.3 is 18.2 Å². The van der Waals surface area contributed by atoms with Crippen molar-refractivity contribution in [3.05, 3.63) is 71.8 Å². The first-order chi connectivity index (χ1) is 21.0. The lowest BCUT2D eigenvalue weighted by Crippen LogP contribution is -2.62. The zero-order valence-corrected chi connectivity index (χ0v) is 26.0. The van der Waals surface area contributed by atoms with Gasteiger partial charge in [-0.25, -0.2) is 14.4 Å². The molecule has 2 aromatic carbocycles. The van der Waals surface area contributed by atoms with Crippen LogP contribution in [0.4, 0.5) is 9.59 Å². The molecular formula is C33H46N4O7. The van der Waals surface area contributed by atoms with E-state index in [2.05, 4.69) is 10.6 Å². The Morgan fingerprint density at radius 2 is 1.41 bits per heavy atom. The lowest BCUT2D eigenvalue weighted by molar-refractivity contribution is -0.156. The van der Waals surface area contributed by atoms with Crippen LogP contribution < -0.4 is 16.4 Å². The first-order valence-electron chi connectivity index (χ1n) is 15.2. The van der Waals surface area contributed by atoms with Gasteiger partial charge in [0.2, 0.25) is 5.91 Å². The molecule has 1 aliphatic rings. The molecule has 0 aliphatic carbocycles. The van der Waals surface area contributed by atoms with E-state index >= 15 is 0 Å². The Labute approximate surface area is 259 Å². The van der Waals surface area contributed by atoms with Gasteiger partial charge in [-0.05, 0) is 57.6 Å². The number of nitrogens with zero attached hydrogens (tertiary/aromatic N) is 1. The van der Waals surface area contributed by atoms with Crippen LogP contribution in [0.3, 0.4) is 0 Å². The molecule has 3 amide bonds. The minimum atomic E-state index is -1.34. The predicted molar refractivity (Wildman–Crippen MR) is 165 cm³/mol. The van der Waals surface area contributed by atoms with Crippen LogP contribution in [0.2, 0.25) is 0 Å². The van der Waals surface area contributed by atoms with Crippen molar-refractivity contribution in [2.45, 2.75) is 89.7 Å². The van der Waals surface area contributed by atoms with Crippen molar-refractivity contribution in [1.82, 2.24) is 15.5 Å². The van der Waals surface area contributed by atoms with Crippen molar-refractivity contribution < 1.29 is 33.4 Å². The number of alkyl carbamates (subject to hydrolysis) is 2. The fourth-order valence-corrected chi connectivity index (χ4v) is 4.83. The highest BCUT2D eigenvalue weighted by Gasteiger charge is 2.46. The molecular weight excluding hydrogens is 564 g/mol. The van der Waals surface area contributed by atoms with Crippen LogP contribution >= 0.6 is 0 Å². The molecule has 4 N–H and O–H groups in total. The van der Waals surface area contributed by atoms with Gasteiger partial charge in [0, 0.05) is 19.6 Å². The van der Waals surface area contributed by atoms with Gasteiger partial charge in [0.1, 0.15) is 24.4 Å². The van der Waals surface area contributed by atoms with Crippen LogP contribution in [0.1, 0.15) is 70.4 Å². The maximum atomic E-state index is 13.4. The minimum absolute atomic E-state index is 0.0539. The van der Waals surface area contributed by atoms with Gasteiger partial charge in [-0.1, -0.05) is 73.5 Å². The Morgan fingerprint density at radius 1 is 0.841 bits per heavy atom. The summed E-state index contributed by atoms with van der Waals surface area (Å²) in [5.74, 6) is -0.774. The molecule has 0 radical (unpaired) electrons. The van der Waals surface area contributed by atoms with Gasteiger partial charge in [0.15, 0.2) is 0 Å². The van der Waals surface area contributed by atoms with E-state index in [0.717, 1.165) is 30.4 Å². The molecule has 240 valence electrons. The number of unbranched alkanes of at least 4 members (excludes halogenated alkanes) is 2. The molecule has 1 saturated heterocycles. The van der Waals surface area contributed by atoms with Gasteiger partial charge < -0.3 is 35.5 Å². The number of esters is 1. The SMILES string of the molecule is CC(C)(C)OC(=O)NCCCCC[C@@H](N)C(=O)N1CCC(NC(=O)OCc2ccccc2)(C(=O)OCc2ccccc2)CC1. The number of rotatable bonds is 13. The summed E-state index contributed by atoms with van der Waals surface area (Å²) in [6, 6.07) is 17.8. The minimum Gasteiger partial charge on any atom is -0.459 e. The third kappa shape index (κ3) is 11.5. The lowest BCUT2D eigenvalue weighted by Gasteiger charge is -2.40. The lowest BCUT2D eigenvalue weighted by atomic mass is 9.87. The highest BCUT2D eigenvalue weighted by Crippen LogP contribution is 2.26. The molecule has 1 atom stereocenters.